The number of amides is 2. The van der Waals surface area contributed by atoms with Crippen molar-refractivity contribution >= 4 is 17.5 Å². The van der Waals surface area contributed by atoms with E-state index in [0.29, 0.717) is 18.0 Å². The Morgan fingerprint density at radius 1 is 1.27 bits per heavy atom. The maximum absolute atomic E-state index is 12.6. The molecule has 0 aromatic heterocycles. The first-order valence-electron chi connectivity index (χ1n) is 7.91. The van der Waals surface area contributed by atoms with E-state index in [4.69, 9.17) is 4.74 Å². The van der Waals surface area contributed by atoms with Crippen molar-refractivity contribution in [2.45, 2.75) is 45.6 Å². The van der Waals surface area contributed by atoms with Crippen molar-refractivity contribution in [3.8, 4) is 5.75 Å². The van der Waals surface area contributed by atoms with Crippen LogP contribution in [0.3, 0.4) is 0 Å². The number of nitrogens with one attached hydrogen (secondary N) is 2. The maximum atomic E-state index is 12.6. The van der Waals surface area contributed by atoms with Crippen LogP contribution in [0.5, 0.6) is 5.75 Å². The monoisotopic (exact) mass is 304 g/mol. The molecule has 0 spiro atoms. The Kier molecular flexibility index (Phi) is 5.81. The molecule has 0 saturated heterocycles. The summed E-state index contributed by atoms with van der Waals surface area (Å²) in [6, 6.07) is 6.86. The number of ether oxygens (including phenoxy) is 1. The van der Waals surface area contributed by atoms with Gasteiger partial charge in [-0.1, -0.05) is 25.0 Å². The molecule has 2 amide bonds. The second-order valence-electron chi connectivity index (χ2n) is 5.64. The highest BCUT2D eigenvalue weighted by Gasteiger charge is 2.31. The van der Waals surface area contributed by atoms with Crippen LogP contribution < -0.4 is 15.4 Å². The number of hydrogen-bond acceptors (Lipinski definition) is 3. The Morgan fingerprint density at radius 2 is 1.95 bits per heavy atom. The minimum Gasteiger partial charge on any atom is -0.492 e. The molecule has 5 heteroatoms. The van der Waals surface area contributed by atoms with Gasteiger partial charge in [0.1, 0.15) is 11.8 Å². The second kappa shape index (κ2) is 7.82. The topological polar surface area (TPSA) is 67.4 Å². The molecule has 2 rings (SSSR count). The van der Waals surface area contributed by atoms with Gasteiger partial charge in [0.25, 0.3) is 0 Å². The fourth-order valence-electron chi connectivity index (χ4n) is 2.97. The van der Waals surface area contributed by atoms with E-state index in [9.17, 15) is 9.59 Å². The van der Waals surface area contributed by atoms with Crippen molar-refractivity contribution in [1.82, 2.24) is 5.32 Å². The van der Waals surface area contributed by atoms with Crippen LogP contribution in [0.4, 0.5) is 5.69 Å². The highest BCUT2D eigenvalue weighted by Crippen LogP contribution is 2.29. The number of hydrogen-bond donors (Lipinski definition) is 2. The van der Waals surface area contributed by atoms with Crippen LogP contribution in [0, 0.1) is 5.92 Å². The van der Waals surface area contributed by atoms with E-state index in [1.807, 2.05) is 31.2 Å². The van der Waals surface area contributed by atoms with Crippen molar-refractivity contribution in [1.29, 1.82) is 0 Å². The van der Waals surface area contributed by atoms with E-state index in [1.54, 1.807) is 0 Å². The Bertz CT molecular complexity index is 524. The van der Waals surface area contributed by atoms with Crippen molar-refractivity contribution in [3.63, 3.8) is 0 Å². The Morgan fingerprint density at radius 3 is 2.59 bits per heavy atom. The molecule has 22 heavy (non-hydrogen) atoms. The van der Waals surface area contributed by atoms with E-state index >= 15 is 0 Å². The summed E-state index contributed by atoms with van der Waals surface area (Å²) >= 11 is 0. The highest BCUT2D eigenvalue weighted by atomic mass is 16.5. The molecule has 1 fully saturated rings. The van der Waals surface area contributed by atoms with Crippen LogP contribution in [-0.2, 0) is 9.59 Å². The summed E-state index contributed by atoms with van der Waals surface area (Å²) in [6.45, 7) is 3.88. The predicted molar refractivity (Wildman–Crippen MR) is 85.8 cm³/mol. The van der Waals surface area contributed by atoms with E-state index in [2.05, 4.69) is 10.6 Å². The van der Waals surface area contributed by atoms with Gasteiger partial charge in [0, 0.05) is 6.92 Å². The molecule has 120 valence electrons. The molecule has 0 aliphatic heterocycles. The summed E-state index contributed by atoms with van der Waals surface area (Å²) < 4.78 is 5.52. The SMILES string of the molecule is CCOc1ccccc1NC(=O)C(NC(C)=O)C1CCCC1. The molecule has 0 heterocycles. The van der Waals surface area contributed by atoms with Gasteiger partial charge in [0.15, 0.2) is 0 Å². The average Bonchev–Trinajstić information content (AvgIpc) is 3.01. The fourth-order valence-corrected chi connectivity index (χ4v) is 2.97. The zero-order valence-electron chi connectivity index (χ0n) is 13.2. The minimum absolute atomic E-state index is 0.172. The van der Waals surface area contributed by atoms with Crippen LogP contribution in [0.1, 0.15) is 39.5 Å². The van der Waals surface area contributed by atoms with Gasteiger partial charge in [-0.2, -0.15) is 0 Å². The zero-order valence-corrected chi connectivity index (χ0v) is 13.2. The van der Waals surface area contributed by atoms with Crippen molar-refractivity contribution in [2.75, 3.05) is 11.9 Å². The van der Waals surface area contributed by atoms with Gasteiger partial charge in [0.2, 0.25) is 11.8 Å². The number of carbonyl (C=O) groups is 2. The molecule has 1 aromatic carbocycles. The van der Waals surface area contributed by atoms with Crippen LogP contribution >= 0.6 is 0 Å². The zero-order chi connectivity index (χ0) is 15.9. The molecule has 1 saturated carbocycles. The first-order chi connectivity index (χ1) is 10.6. The molecule has 0 radical (unpaired) electrons. The number of benzene rings is 1. The molecule has 1 aliphatic carbocycles. The van der Waals surface area contributed by atoms with Crippen LogP contribution in [0.25, 0.3) is 0 Å². The number of para-hydroxylation sites is 2. The van der Waals surface area contributed by atoms with Gasteiger partial charge in [-0.15, -0.1) is 0 Å². The lowest BCUT2D eigenvalue weighted by Crippen LogP contribution is -2.47. The second-order valence-corrected chi connectivity index (χ2v) is 5.64. The third kappa shape index (κ3) is 4.23. The predicted octanol–water partition coefficient (Wildman–Crippen LogP) is 2.72. The first kappa shape index (κ1) is 16.3. The molecule has 1 aliphatic rings. The number of carbonyl (C=O) groups excluding carboxylic acids is 2. The van der Waals surface area contributed by atoms with Crippen molar-refractivity contribution in [3.05, 3.63) is 24.3 Å². The lowest BCUT2D eigenvalue weighted by Gasteiger charge is -2.23. The quantitative estimate of drug-likeness (QED) is 0.849. The summed E-state index contributed by atoms with van der Waals surface area (Å²) in [4.78, 5) is 24.0. The summed E-state index contributed by atoms with van der Waals surface area (Å²) in [7, 11) is 0. The third-order valence-corrected chi connectivity index (χ3v) is 3.96. The normalized spacial score (nSPS) is 16.1. The smallest absolute Gasteiger partial charge is 0.247 e. The summed E-state index contributed by atoms with van der Waals surface area (Å²) in [5.74, 6) is 0.508. The van der Waals surface area contributed by atoms with Crippen molar-refractivity contribution in [2.24, 2.45) is 5.92 Å². The summed E-state index contributed by atoms with van der Waals surface area (Å²) in [6.07, 6.45) is 4.18. The van der Waals surface area contributed by atoms with Gasteiger partial charge in [-0.05, 0) is 37.8 Å². The summed E-state index contributed by atoms with van der Waals surface area (Å²) in [5.41, 5.74) is 0.641. The van der Waals surface area contributed by atoms with Crippen molar-refractivity contribution < 1.29 is 14.3 Å². The maximum Gasteiger partial charge on any atom is 0.247 e. The van der Waals surface area contributed by atoms with Gasteiger partial charge in [-0.25, -0.2) is 0 Å². The number of rotatable bonds is 6. The fraction of sp³-hybridized carbons (Fsp3) is 0.529. The lowest BCUT2D eigenvalue weighted by molar-refractivity contribution is -0.126. The Hall–Kier alpha value is -2.04. The first-order valence-corrected chi connectivity index (χ1v) is 7.91. The largest absolute Gasteiger partial charge is 0.492 e. The molecular formula is C17H24N2O3. The van der Waals surface area contributed by atoms with E-state index in [1.165, 1.54) is 6.92 Å². The van der Waals surface area contributed by atoms with E-state index in [0.717, 1.165) is 25.7 Å². The number of anilines is 1. The summed E-state index contributed by atoms with van der Waals surface area (Å²) in [5, 5.41) is 5.70. The van der Waals surface area contributed by atoms with Gasteiger partial charge in [0.05, 0.1) is 12.3 Å². The highest BCUT2D eigenvalue weighted by molar-refractivity contribution is 5.98. The molecule has 5 nitrogen and oxygen atoms in total. The van der Waals surface area contributed by atoms with Crippen LogP contribution in [-0.4, -0.2) is 24.5 Å². The van der Waals surface area contributed by atoms with Gasteiger partial charge >= 0.3 is 0 Å². The standard InChI is InChI=1S/C17H24N2O3/c1-3-22-15-11-7-6-10-14(15)19-17(21)16(18-12(2)20)13-8-4-5-9-13/h6-7,10-11,13,16H,3-5,8-9H2,1-2H3,(H,18,20)(H,19,21). The lowest BCUT2D eigenvalue weighted by atomic mass is 9.97. The molecule has 0 bridgehead atoms. The average molecular weight is 304 g/mol. The Labute approximate surface area is 131 Å². The van der Waals surface area contributed by atoms with Crippen LogP contribution in [0.2, 0.25) is 0 Å². The van der Waals surface area contributed by atoms with E-state index in [-0.39, 0.29) is 17.7 Å². The minimum atomic E-state index is -0.477. The van der Waals surface area contributed by atoms with Crippen LogP contribution in [0.15, 0.2) is 24.3 Å². The molecule has 1 atom stereocenters. The van der Waals surface area contributed by atoms with Gasteiger partial charge < -0.3 is 15.4 Å². The van der Waals surface area contributed by atoms with E-state index < -0.39 is 6.04 Å². The molecule has 2 N–H and O–H groups in total. The molecule has 1 aromatic rings. The Balaban J connectivity index is 2.11. The molecular weight excluding hydrogens is 280 g/mol. The molecule has 1 unspecified atom stereocenters. The third-order valence-electron chi connectivity index (χ3n) is 3.96. The van der Waals surface area contributed by atoms with Gasteiger partial charge in [-0.3, -0.25) is 9.59 Å².